The van der Waals surface area contributed by atoms with Crippen LogP contribution in [0.4, 0.5) is 0 Å². The molecule has 10 heavy (non-hydrogen) atoms. The van der Waals surface area contributed by atoms with Crippen molar-refractivity contribution in [3.05, 3.63) is 0 Å². The van der Waals surface area contributed by atoms with Crippen molar-refractivity contribution in [2.24, 2.45) is 0 Å². The zero-order valence-electron chi connectivity index (χ0n) is 6.14. The van der Waals surface area contributed by atoms with Crippen LogP contribution in [0.3, 0.4) is 0 Å². The summed E-state index contributed by atoms with van der Waals surface area (Å²) >= 11 is 0. The normalized spacial score (nSPS) is 8.50. The molecule has 2 heteroatoms. The van der Waals surface area contributed by atoms with Gasteiger partial charge in [0, 0.05) is 13.0 Å². The Hall–Kier alpha value is -0.680. The van der Waals surface area contributed by atoms with Gasteiger partial charge in [-0.15, -0.1) is 0 Å². The highest BCUT2D eigenvalue weighted by Gasteiger charge is 1.85. The summed E-state index contributed by atoms with van der Waals surface area (Å²) in [6.07, 6.45) is 6.68. The summed E-state index contributed by atoms with van der Waals surface area (Å²) in [4.78, 5) is 0. The van der Waals surface area contributed by atoms with E-state index in [9.17, 15) is 0 Å². The molecule has 2 nitrogen and oxygen atoms in total. The van der Waals surface area contributed by atoms with Crippen LogP contribution in [0.2, 0.25) is 0 Å². The Balaban J connectivity index is 2.82. The van der Waals surface area contributed by atoms with Crippen molar-refractivity contribution < 1.29 is 10.2 Å². The number of rotatable bonds is 5. The Morgan fingerprint density at radius 2 is 1.70 bits per heavy atom. The quantitative estimate of drug-likeness (QED) is 0.448. The third-order valence-electron chi connectivity index (χ3n) is 1.29. The van der Waals surface area contributed by atoms with E-state index in [1.165, 1.54) is 0 Å². The second-order valence-electron chi connectivity index (χ2n) is 2.18. The van der Waals surface area contributed by atoms with Crippen LogP contribution in [0.5, 0.6) is 0 Å². The predicted molar refractivity (Wildman–Crippen MR) is 39.9 cm³/mol. The van der Waals surface area contributed by atoms with Gasteiger partial charge in [0.25, 0.3) is 0 Å². The maximum atomic E-state index is 8.40. The van der Waals surface area contributed by atoms with Gasteiger partial charge >= 0.3 is 0 Å². The van der Waals surface area contributed by atoms with Gasteiger partial charge in [-0.1, -0.05) is 18.8 Å². The molecule has 2 N–H and O–H groups in total. The first-order valence-corrected chi connectivity index (χ1v) is 3.64. The van der Waals surface area contributed by atoms with Gasteiger partial charge in [0.15, 0.2) is 0 Å². The lowest BCUT2D eigenvalue weighted by atomic mass is 10.1. The molecule has 0 aliphatic heterocycles. The van der Waals surface area contributed by atoms with Gasteiger partial charge in [-0.25, -0.2) is 0 Å². The van der Waals surface area contributed by atoms with Crippen molar-refractivity contribution in [1.82, 2.24) is 0 Å². The van der Waals surface area contributed by atoms with E-state index < -0.39 is 0 Å². The Kier molecular flexibility index (Phi) is 7.75. The molecule has 0 spiro atoms. The highest BCUT2D eigenvalue weighted by molar-refractivity contribution is 4.88. The van der Waals surface area contributed by atoms with Crippen LogP contribution in [0.25, 0.3) is 0 Å². The van der Waals surface area contributed by atoms with Crippen LogP contribution in [0.15, 0.2) is 0 Å². The molecule has 0 amide bonds. The van der Waals surface area contributed by atoms with E-state index in [4.69, 9.17) is 10.2 Å². The molecule has 0 unspecified atom stereocenters. The van der Waals surface area contributed by atoms with Crippen LogP contribution in [0.1, 0.15) is 32.1 Å². The summed E-state index contributed by atoms with van der Waals surface area (Å²) in [7, 11) is 0. The van der Waals surface area contributed by atoms with E-state index in [1.54, 1.807) is 0 Å². The first kappa shape index (κ1) is 9.32. The zero-order chi connectivity index (χ0) is 7.66. The van der Waals surface area contributed by atoms with Crippen molar-refractivity contribution in [2.45, 2.75) is 32.1 Å². The van der Waals surface area contributed by atoms with Crippen LogP contribution in [-0.2, 0) is 0 Å². The van der Waals surface area contributed by atoms with Gasteiger partial charge < -0.3 is 10.2 Å². The molecule has 58 valence electrons. The van der Waals surface area contributed by atoms with Crippen LogP contribution in [0, 0.1) is 12.0 Å². The highest BCUT2D eigenvalue weighted by atomic mass is 16.3. The molecule has 0 aromatic carbocycles. The minimum atomic E-state index is 0.283. The smallest absolute Gasteiger partial charge is 0.107 e. The standard InChI is InChI=1S/C8H14O2/c9-7-5-3-1-2-4-6-8-10/h9-10H,1-5,7H2. The second kappa shape index (κ2) is 8.32. The summed E-state index contributed by atoms with van der Waals surface area (Å²) in [5.74, 6) is 2.57. The Morgan fingerprint density at radius 1 is 1.00 bits per heavy atom. The van der Waals surface area contributed by atoms with Crippen molar-refractivity contribution >= 4 is 0 Å². The molecular formula is C8H14O2. The number of unbranched alkanes of at least 4 members (excludes halogenated alkanes) is 4. The summed E-state index contributed by atoms with van der Waals surface area (Å²) in [6, 6.07) is 0. The average molecular weight is 142 g/mol. The third kappa shape index (κ3) is 7.32. The van der Waals surface area contributed by atoms with Gasteiger partial charge in [-0.05, 0) is 12.8 Å². The minimum Gasteiger partial charge on any atom is -0.462 e. The predicted octanol–water partition coefficient (Wildman–Crippen LogP) is 1.26. The summed E-state index contributed by atoms with van der Waals surface area (Å²) < 4.78 is 0. The molecule has 0 rings (SSSR count). The van der Waals surface area contributed by atoms with E-state index in [0.29, 0.717) is 0 Å². The molecule has 0 heterocycles. The van der Waals surface area contributed by atoms with Crippen molar-refractivity contribution in [3.63, 3.8) is 0 Å². The van der Waals surface area contributed by atoms with Crippen LogP contribution in [-0.4, -0.2) is 16.8 Å². The molecule has 0 atom stereocenters. The largest absolute Gasteiger partial charge is 0.462 e. The number of aliphatic hydroxyl groups excluding tert-OH is 2. The summed E-state index contributed by atoms with van der Waals surface area (Å²) in [6.45, 7) is 0.283. The lowest BCUT2D eigenvalue weighted by Gasteiger charge is -1.93. The van der Waals surface area contributed by atoms with Crippen LogP contribution < -0.4 is 0 Å². The maximum absolute atomic E-state index is 8.40. The Labute approximate surface area is 61.9 Å². The van der Waals surface area contributed by atoms with Gasteiger partial charge in [0.2, 0.25) is 0 Å². The Morgan fingerprint density at radius 3 is 2.30 bits per heavy atom. The fourth-order valence-electron chi connectivity index (χ4n) is 0.735. The zero-order valence-corrected chi connectivity index (χ0v) is 6.14. The molecular weight excluding hydrogens is 128 g/mol. The minimum absolute atomic E-state index is 0.283. The summed E-state index contributed by atoms with van der Waals surface area (Å²) in [5, 5.41) is 16.5. The molecule has 0 aliphatic carbocycles. The number of hydrogen-bond acceptors (Lipinski definition) is 2. The van der Waals surface area contributed by atoms with E-state index in [1.807, 2.05) is 6.11 Å². The first-order chi connectivity index (χ1) is 4.91. The second-order valence-corrected chi connectivity index (χ2v) is 2.18. The molecule has 0 aromatic rings. The molecule has 0 aromatic heterocycles. The maximum Gasteiger partial charge on any atom is 0.107 e. The van der Waals surface area contributed by atoms with Gasteiger partial charge in [-0.3, -0.25) is 0 Å². The molecule has 0 saturated heterocycles. The van der Waals surface area contributed by atoms with E-state index in [0.717, 1.165) is 32.1 Å². The SMILES string of the molecule is OC#CCCCCCCO. The fourth-order valence-corrected chi connectivity index (χ4v) is 0.735. The van der Waals surface area contributed by atoms with Gasteiger partial charge in [0.1, 0.15) is 6.11 Å². The fraction of sp³-hybridized carbons (Fsp3) is 0.750. The Bertz CT molecular complexity index is 110. The van der Waals surface area contributed by atoms with E-state index in [2.05, 4.69) is 5.92 Å². The molecule has 0 bridgehead atoms. The topological polar surface area (TPSA) is 40.5 Å². The average Bonchev–Trinajstić information content (AvgIpc) is 1.97. The molecule has 0 fully saturated rings. The van der Waals surface area contributed by atoms with Gasteiger partial charge in [0.05, 0.1) is 0 Å². The summed E-state index contributed by atoms with van der Waals surface area (Å²) in [5.41, 5.74) is 0. The first-order valence-electron chi connectivity index (χ1n) is 3.64. The lowest BCUT2D eigenvalue weighted by molar-refractivity contribution is 0.282. The lowest BCUT2D eigenvalue weighted by Crippen LogP contribution is -1.82. The highest BCUT2D eigenvalue weighted by Crippen LogP contribution is 2.00. The number of aliphatic hydroxyl groups is 2. The number of hydrogen-bond donors (Lipinski definition) is 2. The third-order valence-corrected chi connectivity index (χ3v) is 1.29. The molecule has 0 radical (unpaired) electrons. The van der Waals surface area contributed by atoms with Crippen molar-refractivity contribution in [1.29, 1.82) is 0 Å². The molecule has 0 aliphatic rings. The van der Waals surface area contributed by atoms with Crippen LogP contribution >= 0.6 is 0 Å². The van der Waals surface area contributed by atoms with Gasteiger partial charge in [-0.2, -0.15) is 0 Å². The van der Waals surface area contributed by atoms with E-state index >= 15 is 0 Å². The van der Waals surface area contributed by atoms with Crippen molar-refractivity contribution in [2.75, 3.05) is 6.61 Å². The molecule has 0 saturated carbocycles. The van der Waals surface area contributed by atoms with Crippen molar-refractivity contribution in [3.8, 4) is 12.0 Å². The monoisotopic (exact) mass is 142 g/mol. The van der Waals surface area contributed by atoms with E-state index in [-0.39, 0.29) is 6.61 Å².